The van der Waals surface area contributed by atoms with Gasteiger partial charge in [-0.25, -0.2) is 0 Å². The quantitative estimate of drug-likeness (QED) is 0.757. The summed E-state index contributed by atoms with van der Waals surface area (Å²) in [7, 11) is 1.64. The summed E-state index contributed by atoms with van der Waals surface area (Å²) in [6.07, 6.45) is 0. The van der Waals surface area contributed by atoms with E-state index < -0.39 is 0 Å². The van der Waals surface area contributed by atoms with Crippen LogP contribution in [0.25, 0.3) is 11.4 Å². The van der Waals surface area contributed by atoms with Crippen molar-refractivity contribution in [2.45, 2.75) is 13.1 Å². The third-order valence-corrected chi connectivity index (χ3v) is 3.90. The third-order valence-electron chi connectivity index (χ3n) is 3.90. The van der Waals surface area contributed by atoms with Crippen molar-refractivity contribution in [2.75, 3.05) is 33.4 Å². The first-order valence-corrected chi connectivity index (χ1v) is 7.74. The fourth-order valence-corrected chi connectivity index (χ4v) is 2.65. The molecule has 1 N–H and O–H groups in total. The molecule has 0 atom stereocenters. The highest BCUT2D eigenvalue weighted by Gasteiger charge is 2.24. The highest BCUT2D eigenvalue weighted by molar-refractivity contribution is 5.85. The fraction of sp³-hybridized carbons (Fsp3) is 0.438. The van der Waals surface area contributed by atoms with Crippen LogP contribution < -0.4 is 5.32 Å². The molecule has 0 unspecified atom stereocenters. The number of fused-ring (bicyclic) bond motifs is 1. The Balaban J connectivity index is 0.00000156. The predicted molar refractivity (Wildman–Crippen MR) is 100 cm³/mol. The van der Waals surface area contributed by atoms with Crippen LogP contribution in [-0.4, -0.2) is 58.9 Å². The van der Waals surface area contributed by atoms with Crippen molar-refractivity contribution in [3.05, 3.63) is 36.2 Å². The lowest BCUT2D eigenvalue weighted by Crippen LogP contribution is -2.43. The van der Waals surface area contributed by atoms with Crippen molar-refractivity contribution < 1.29 is 9.53 Å². The molecule has 0 saturated carbocycles. The van der Waals surface area contributed by atoms with Crippen LogP contribution in [0.15, 0.2) is 30.3 Å². The van der Waals surface area contributed by atoms with Crippen molar-refractivity contribution in [2.24, 2.45) is 0 Å². The minimum absolute atomic E-state index is 0. The van der Waals surface area contributed by atoms with Crippen LogP contribution in [0.1, 0.15) is 5.82 Å². The molecule has 1 aromatic heterocycles. The summed E-state index contributed by atoms with van der Waals surface area (Å²) in [6, 6.07) is 10.00. The smallest absolute Gasteiger partial charge is 0.236 e. The molecule has 0 fully saturated rings. The van der Waals surface area contributed by atoms with Crippen molar-refractivity contribution in [3.8, 4) is 11.4 Å². The van der Waals surface area contributed by atoms with Crippen molar-refractivity contribution in [3.63, 3.8) is 0 Å². The number of methoxy groups -OCH3 is 1. The van der Waals surface area contributed by atoms with Crippen LogP contribution in [0.2, 0.25) is 0 Å². The lowest BCUT2D eigenvalue weighted by molar-refractivity contribution is -0.131. The van der Waals surface area contributed by atoms with Crippen LogP contribution in [0.3, 0.4) is 0 Å². The van der Waals surface area contributed by atoms with Gasteiger partial charge in [-0.05, 0) is 0 Å². The molecule has 1 amide bonds. The van der Waals surface area contributed by atoms with Gasteiger partial charge in [-0.3, -0.25) is 4.79 Å². The maximum Gasteiger partial charge on any atom is 0.236 e. The van der Waals surface area contributed by atoms with E-state index in [0.29, 0.717) is 32.8 Å². The second-order valence-electron chi connectivity index (χ2n) is 5.44. The maximum atomic E-state index is 12.2. The van der Waals surface area contributed by atoms with Gasteiger partial charge in [0.2, 0.25) is 5.91 Å². The average Bonchev–Trinajstić information content (AvgIpc) is 3.02. The van der Waals surface area contributed by atoms with Crippen LogP contribution in [0.5, 0.6) is 0 Å². The largest absolute Gasteiger partial charge is 0.383 e. The van der Waals surface area contributed by atoms with E-state index in [1.54, 1.807) is 7.11 Å². The lowest BCUT2D eigenvalue weighted by Gasteiger charge is -2.28. The van der Waals surface area contributed by atoms with E-state index >= 15 is 0 Å². The number of benzene rings is 1. The number of halogens is 2. The maximum absolute atomic E-state index is 12.2. The zero-order valence-electron chi connectivity index (χ0n) is 14.1. The van der Waals surface area contributed by atoms with Gasteiger partial charge in [-0.2, -0.15) is 0 Å². The number of nitrogens with zero attached hydrogens (tertiary/aromatic N) is 4. The normalized spacial score (nSPS) is 12.8. The number of hydrogen-bond acceptors (Lipinski definition) is 5. The van der Waals surface area contributed by atoms with Gasteiger partial charge in [0.15, 0.2) is 11.6 Å². The first kappa shape index (κ1) is 21.4. The van der Waals surface area contributed by atoms with Gasteiger partial charge >= 0.3 is 0 Å². The van der Waals surface area contributed by atoms with E-state index in [2.05, 4.69) is 20.1 Å². The topological polar surface area (TPSA) is 72.3 Å². The molecular weight excluding hydrogens is 365 g/mol. The molecule has 9 heteroatoms. The van der Waals surface area contributed by atoms with E-state index in [0.717, 1.165) is 23.8 Å². The van der Waals surface area contributed by atoms with E-state index in [4.69, 9.17) is 4.74 Å². The van der Waals surface area contributed by atoms with Gasteiger partial charge in [-0.15, -0.1) is 35.0 Å². The van der Waals surface area contributed by atoms with Crippen molar-refractivity contribution in [1.29, 1.82) is 0 Å². The van der Waals surface area contributed by atoms with Crippen LogP contribution >= 0.6 is 24.8 Å². The molecular formula is C16H23Cl2N5O2. The summed E-state index contributed by atoms with van der Waals surface area (Å²) >= 11 is 0. The van der Waals surface area contributed by atoms with Crippen molar-refractivity contribution >= 4 is 30.7 Å². The molecule has 1 aliphatic heterocycles. The van der Waals surface area contributed by atoms with Gasteiger partial charge in [0.1, 0.15) is 0 Å². The minimum atomic E-state index is 0. The lowest BCUT2D eigenvalue weighted by atomic mass is 10.2. The van der Waals surface area contributed by atoms with Gasteiger partial charge in [0, 0.05) is 32.3 Å². The molecule has 0 spiro atoms. The van der Waals surface area contributed by atoms with Crippen LogP contribution in [0, 0.1) is 0 Å². The number of rotatable bonds is 6. The van der Waals surface area contributed by atoms with E-state index in [9.17, 15) is 4.79 Å². The summed E-state index contributed by atoms with van der Waals surface area (Å²) in [5, 5.41) is 11.6. The van der Waals surface area contributed by atoms with E-state index in [1.165, 1.54) is 0 Å². The Morgan fingerprint density at radius 1 is 1.20 bits per heavy atom. The molecule has 3 rings (SSSR count). The van der Waals surface area contributed by atoms with Gasteiger partial charge < -0.3 is 19.5 Å². The zero-order valence-corrected chi connectivity index (χ0v) is 15.7. The molecule has 1 aromatic carbocycles. The summed E-state index contributed by atoms with van der Waals surface area (Å²) in [6.45, 7) is 3.49. The first-order chi connectivity index (χ1) is 11.3. The molecule has 0 saturated heterocycles. The SMILES string of the molecule is COCCNCC(=O)N1CCn2c(nnc2-c2ccccc2)C1.Cl.Cl. The number of amides is 1. The Bertz CT molecular complexity index is 666. The number of nitrogens with one attached hydrogen (secondary N) is 1. The first-order valence-electron chi connectivity index (χ1n) is 7.74. The van der Waals surface area contributed by atoms with Gasteiger partial charge in [-0.1, -0.05) is 30.3 Å². The monoisotopic (exact) mass is 387 g/mol. The average molecular weight is 388 g/mol. The highest BCUT2D eigenvalue weighted by atomic mass is 35.5. The molecule has 0 bridgehead atoms. The molecule has 25 heavy (non-hydrogen) atoms. The molecule has 1 aliphatic rings. The fourth-order valence-electron chi connectivity index (χ4n) is 2.65. The second kappa shape index (κ2) is 10.4. The number of carbonyl (C=O) groups excluding carboxylic acids is 1. The summed E-state index contributed by atoms with van der Waals surface area (Å²) in [4.78, 5) is 14.0. The number of ether oxygens (including phenoxy) is 1. The Hall–Kier alpha value is -1.67. The Morgan fingerprint density at radius 2 is 1.96 bits per heavy atom. The molecule has 2 heterocycles. The third kappa shape index (κ3) is 5.15. The van der Waals surface area contributed by atoms with Gasteiger partial charge in [0.25, 0.3) is 0 Å². The predicted octanol–water partition coefficient (Wildman–Crippen LogP) is 1.37. The van der Waals surface area contributed by atoms with Crippen molar-refractivity contribution in [1.82, 2.24) is 25.0 Å². The molecule has 0 radical (unpaired) electrons. The van der Waals surface area contributed by atoms with E-state index in [-0.39, 0.29) is 30.7 Å². The number of carbonyl (C=O) groups is 1. The van der Waals surface area contributed by atoms with Crippen LogP contribution in [-0.2, 0) is 22.6 Å². The second-order valence-corrected chi connectivity index (χ2v) is 5.44. The van der Waals surface area contributed by atoms with Crippen LogP contribution in [0.4, 0.5) is 0 Å². The Morgan fingerprint density at radius 3 is 2.68 bits per heavy atom. The molecule has 138 valence electrons. The number of hydrogen-bond donors (Lipinski definition) is 1. The Labute approximate surface area is 159 Å². The molecule has 2 aromatic rings. The standard InChI is InChI=1S/C16H21N5O2.2ClH/c1-23-10-7-17-11-15(22)20-8-9-21-14(12-20)18-19-16(21)13-5-3-2-4-6-13;;/h2-6,17H,7-12H2,1H3;2*1H. The highest BCUT2D eigenvalue weighted by Crippen LogP contribution is 2.21. The van der Waals surface area contributed by atoms with E-state index in [1.807, 2.05) is 35.2 Å². The Kier molecular flexibility index (Phi) is 8.85. The number of aromatic nitrogens is 3. The molecule has 0 aliphatic carbocycles. The zero-order chi connectivity index (χ0) is 16.1. The molecule has 7 nitrogen and oxygen atoms in total. The summed E-state index contributed by atoms with van der Waals surface area (Å²) < 4.78 is 7.05. The summed E-state index contributed by atoms with van der Waals surface area (Å²) in [5.74, 6) is 1.78. The minimum Gasteiger partial charge on any atom is -0.383 e. The van der Waals surface area contributed by atoms with Gasteiger partial charge in [0.05, 0.1) is 19.7 Å². The summed E-state index contributed by atoms with van der Waals surface area (Å²) in [5.41, 5.74) is 1.05.